The summed E-state index contributed by atoms with van der Waals surface area (Å²) in [6.07, 6.45) is 3.12. The molecule has 0 spiro atoms. The van der Waals surface area contributed by atoms with Gasteiger partial charge in [-0.15, -0.1) is 0 Å². The third-order valence-corrected chi connectivity index (χ3v) is 5.18. The molecular formula is C19H31N3O. The minimum Gasteiger partial charge on any atom is -0.390 e. The fraction of sp³-hybridized carbons (Fsp3) is 0.684. The molecule has 2 aliphatic rings. The molecule has 1 saturated heterocycles. The first kappa shape index (κ1) is 16.9. The number of fused-ring (bicyclic) bond motifs is 1. The fourth-order valence-corrected chi connectivity index (χ4v) is 3.87. The van der Waals surface area contributed by atoms with Crippen molar-refractivity contribution in [2.45, 2.75) is 57.3 Å². The lowest BCUT2D eigenvalue weighted by molar-refractivity contribution is 0.113. The summed E-state index contributed by atoms with van der Waals surface area (Å²) in [7, 11) is 0. The van der Waals surface area contributed by atoms with E-state index >= 15 is 0 Å². The molecule has 0 saturated carbocycles. The standard InChI is InChI=1S/C19H31N3O/c1-19(2,21-12-18(23)17-8-5-10-20-17)14-22-11-9-15-6-3-4-7-16(15)13-22/h3-4,6-7,17-18,20-21,23H,5,8-14H2,1-2H3/t17?,18-/m1/s1. The molecule has 2 heterocycles. The Labute approximate surface area is 140 Å². The van der Waals surface area contributed by atoms with E-state index in [-0.39, 0.29) is 17.7 Å². The highest BCUT2D eigenvalue weighted by molar-refractivity contribution is 5.29. The van der Waals surface area contributed by atoms with Gasteiger partial charge >= 0.3 is 0 Å². The van der Waals surface area contributed by atoms with Gasteiger partial charge in [0, 0.05) is 37.8 Å². The first-order valence-electron chi connectivity index (χ1n) is 8.99. The lowest BCUT2D eigenvalue weighted by Crippen LogP contribution is -2.54. The normalized spacial score (nSPS) is 23.7. The summed E-state index contributed by atoms with van der Waals surface area (Å²) < 4.78 is 0. The van der Waals surface area contributed by atoms with Crippen molar-refractivity contribution in [2.75, 3.05) is 26.2 Å². The van der Waals surface area contributed by atoms with Crippen LogP contribution in [0, 0.1) is 0 Å². The van der Waals surface area contributed by atoms with E-state index in [4.69, 9.17) is 0 Å². The molecular weight excluding hydrogens is 286 g/mol. The summed E-state index contributed by atoms with van der Waals surface area (Å²) >= 11 is 0. The Kier molecular flexibility index (Phi) is 5.37. The van der Waals surface area contributed by atoms with Gasteiger partial charge in [0.05, 0.1) is 6.10 Å². The molecule has 1 fully saturated rings. The second-order valence-electron chi connectivity index (χ2n) is 7.76. The summed E-state index contributed by atoms with van der Waals surface area (Å²) in [4.78, 5) is 2.52. The quantitative estimate of drug-likeness (QED) is 0.745. The Hall–Kier alpha value is -0.940. The van der Waals surface area contributed by atoms with E-state index in [0.29, 0.717) is 6.54 Å². The molecule has 23 heavy (non-hydrogen) atoms. The molecule has 0 aromatic heterocycles. The maximum absolute atomic E-state index is 10.3. The Balaban J connectivity index is 1.48. The van der Waals surface area contributed by atoms with E-state index in [1.54, 1.807) is 0 Å². The van der Waals surface area contributed by atoms with Crippen LogP contribution in [0.2, 0.25) is 0 Å². The van der Waals surface area contributed by atoms with Gasteiger partial charge in [-0.05, 0) is 50.8 Å². The van der Waals surface area contributed by atoms with Crippen LogP contribution < -0.4 is 10.6 Å². The van der Waals surface area contributed by atoms with E-state index in [1.807, 2.05) is 0 Å². The molecule has 2 aliphatic heterocycles. The van der Waals surface area contributed by atoms with Crippen molar-refractivity contribution in [3.05, 3.63) is 35.4 Å². The Morgan fingerprint density at radius 1 is 1.35 bits per heavy atom. The summed E-state index contributed by atoms with van der Waals surface area (Å²) in [5.74, 6) is 0. The fourth-order valence-electron chi connectivity index (χ4n) is 3.87. The van der Waals surface area contributed by atoms with Crippen LogP contribution in [-0.4, -0.2) is 53.9 Å². The van der Waals surface area contributed by atoms with Crippen molar-refractivity contribution in [1.29, 1.82) is 0 Å². The molecule has 4 heteroatoms. The van der Waals surface area contributed by atoms with Gasteiger partial charge in [-0.3, -0.25) is 4.90 Å². The van der Waals surface area contributed by atoms with E-state index in [1.165, 1.54) is 17.5 Å². The number of rotatable bonds is 6. The molecule has 0 radical (unpaired) electrons. The predicted molar refractivity (Wildman–Crippen MR) is 94.5 cm³/mol. The molecule has 0 aliphatic carbocycles. The third-order valence-electron chi connectivity index (χ3n) is 5.18. The monoisotopic (exact) mass is 317 g/mol. The molecule has 3 N–H and O–H groups in total. The van der Waals surface area contributed by atoms with E-state index < -0.39 is 0 Å². The number of aliphatic hydroxyl groups excluding tert-OH is 1. The van der Waals surface area contributed by atoms with Gasteiger partial charge in [-0.2, -0.15) is 0 Å². The van der Waals surface area contributed by atoms with Crippen LogP contribution in [-0.2, 0) is 13.0 Å². The van der Waals surface area contributed by atoms with Crippen molar-refractivity contribution in [3.8, 4) is 0 Å². The number of hydrogen-bond acceptors (Lipinski definition) is 4. The van der Waals surface area contributed by atoms with Gasteiger partial charge in [0.1, 0.15) is 0 Å². The van der Waals surface area contributed by atoms with Gasteiger partial charge in [-0.25, -0.2) is 0 Å². The summed E-state index contributed by atoms with van der Waals surface area (Å²) in [5, 5.41) is 17.3. The molecule has 4 nitrogen and oxygen atoms in total. The van der Waals surface area contributed by atoms with Gasteiger partial charge < -0.3 is 15.7 Å². The lowest BCUT2D eigenvalue weighted by atomic mass is 9.97. The van der Waals surface area contributed by atoms with Crippen molar-refractivity contribution in [2.24, 2.45) is 0 Å². The van der Waals surface area contributed by atoms with Gasteiger partial charge in [0.15, 0.2) is 0 Å². The molecule has 1 aromatic rings. The number of β-amino-alcohol motifs (C(OH)–C–C–N with tert-alkyl or cyclic N) is 1. The number of benzene rings is 1. The van der Waals surface area contributed by atoms with Crippen LogP contribution in [0.4, 0.5) is 0 Å². The average molecular weight is 317 g/mol. The van der Waals surface area contributed by atoms with Crippen molar-refractivity contribution < 1.29 is 5.11 Å². The van der Waals surface area contributed by atoms with E-state index in [9.17, 15) is 5.11 Å². The average Bonchev–Trinajstić information content (AvgIpc) is 3.07. The van der Waals surface area contributed by atoms with Crippen molar-refractivity contribution in [1.82, 2.24) is 15.5 Å². The zero-order valence-electron chi connectivity index (χ0n) is 14.5. The van der Waals surface area contributed by atoms with Crippen LogP contribution in [0.15, 0.2) is 24.3 Å². The number of nitrogens with one attached hydrogen (secondary N) is 2. The maximum Gasteiger partial charge on any atom is 0.0817 e. The summed E-state index contributed by atoms with van der Waals surface area (Å²) in [6, 6.07) is 9.04. The molecule has 3 rings (SSSR count). The van der Waals surface area contributed by atoms with E-state index in [2.05, 4.69) is 53.6 Å². The van der Waals surface area contributed by atoms with Crippen LogP contribution in [0.1, 0.15) is 37.8 Å². The van der Waals surface area contributed by atoms with Crippen molar-refractivity contribution in [3.63, 3.8) is 0 Å². The minimum atomic E-state index is -0.293. The van der Waals surface area contributed by atoms with Crippen LogP contribution in [0.25, 0.3) is 0 Å². The maximum atomic E-state index is 10.3. The highest BCUT2D eigenvalue weighted by Gasteiger charge is 2.27. The SMILES string of the molecule is CC(C)(CN1CCc2ccccc2C1)NC[C@@H](O)C1CCCN1. The van der Waals surface area contributed by atoms with E-state index in [0.717, 1.165) is 39.0 Å². The minimum absolute atomic E-state index is 0.00582. The van der Waals surface area contributed by atoms with Gasteiger partial charge in [0.25, 0.3) is 0 Å². The summed E-state index contributed by atoms with van der Waals surface area (Å²) in [5.41, 5.74) is 2.97. The summed E-state index contributed by atoms with van der Waals surface area (Å²) in [6.45, 7) is 9.34. The smallest absolute Gasteiger partial charge is 0.0817 e. The zero-order valence-corrected chi connectivity index (χ0v) is 14.5. The highest BCUT2D eigenvalue weighted by atomic mass is 16.3. The van der Waals surface area contributed by atoms with Crippen molar-refractivity contribution >= 4 is 0 Å². The molecule has 1 aromatic carbocycles. The lowest BCUT2D eigenvalue weighted by Gasteiger charge is -2.37. The first-order valence-corrected chi connectivity index (χ1v) is 8.99. The highest BCUT2D eigenvalue weighted by Crippen LogP contribution is 2.20. The van der Waals surface area contributed by atoms with Crippen LogP contribution in [0.5, 0.6) is 0 Å². The predicted octanol–water partition coefficient (Wildman–Crippen LogP) is 1.53. The topological polar surface area (TPSA) is 47.5 Å². The number of aliphatic hydroxyl groups is 1. The third kappa shape index (κ3) is 4.54. The Morgan fingerprint density at radius 3 is 2.87 bits per heavy atom. The molecule has 0 bridgehead atoms. The molecule has 1 unspecified atom stereocenters. The van der Waals surface area contributed by atoms with Gasteiger partial charge in [0.2, 0.25) is 0 Å². The van der Waals surface area contributed by atoms with Crippen LogP contribution >= 0.6 is 0 Å². The number of nitrogens with zero attached hydrogens (tertiary/aromatic N) is 1. The molecule has 128 valence electrons. The Morgan fingerprint density at radius 2 is 2.13 bits per heavy atom. The molecule has 0 amide bonds. The largest absolute Gasteiger partial charge is 0.390 e. The second-order valence-corrected chi connectivity index (χ2v) is 7.76. The second kappa shape index (κ2) is 7.31. The van der Waals surface area contributed by atoms with Crippen LogP contribution in [0.3, 0.4) is 0 Å². The zero-order chi connectivity index (χ0) is 16.3. The first-order chi connectivity index (χ1) is 11.0. The number of hydrogen-bond donors (Lipinski definition) is 3. The van der Waals surface area contributed by atoms with Gasteiger partial charge in [-0.1, -0.05) is 24.3 Å². The Bertz CT molecular complexity index is 511. The molecule has 2 atom stereocenters.